The van der Waals surface area contributed by atoms with Crippen LogP contribution in [-0.4, -0.2) is 10.1 Å². The molecule has 3 aromatic rings. The zero-order valence-electron chi connectivity index (χ0n) is 10.1. The second-order valence-corrected chi connectivity index (χ2v) is 4.40. The molecule has 0 aliphatic carbocycles. The van der Waals surface area contributed by atoms with Gasteiger partial charge < -0.3 is 5.11 Å². The molecule has 0 saturated heterocycles. The fourth-order valence-electron chi connectivity index (χ4n) is 2.19. The van der Waals surface area contributed by atoms with E-state index in [1.165, 1.54) is 0 Å². The van der Waals surface area contributed by atoms with Crippen LogP contribution in [0.4, 0.5) is 0 Å². The van der Waals surface area contributed by atoms with Crippen LogP contribution in [0.2, 0.25) is 0 Å². The molecular weight excluding hydrogens is 222 g/mol. The van der Waals surface area contributed by atoms with Gasteiger partial charge in [-0.1, -0.05) is 35.9 Å². The Morgan fingerprint density at radius 3 is 2.67 bits per heavy atom. The van der Waals surface area contributed by atoms with Crippen LogP contribution in [-0.2, 0) is 0 Å². The number of nitrogens with zero attached hydrogens (tertiary/aromatic N) is 1. The van der Waals surface area contributed by atoms with E-state index in [2.05, 4.69) is 4.98 Å². The lowest BCUT2D eigenvalue weighted by atomic mass is 9.99. The van der Waals surface area contributed by atoms with Gasteiger partial charge in [0, 0.05) is 22.7 Å². The van der Waals surface area contributed by atoms with Gasteiger partial charge in [-0.25, -0.2) is 0 Å². The molecule has 0 saturated carbocycles. The number of rotatable bonds is 1. The molecule has 0 radical (unpaired) electrons. The monoisotopic (exact) mass is 235 g/mol. The van der Waals surface area contributed by atoms with Crippen LogP contribution in [0.3, 0.4) is 0 Å². The minimum atomic E-state index is 0.291. The van der Waals surface area contributed by atoms with Crippen molar-refractivity contribution in [3.8, 4) is 16.9 Å². The van der Waals surface area contributed by atoms with E-state index in [4.69, 9.17) is 0 Å². The molecule has 0 bridgehead atoms. The van der Waals surface area contributed by atoms with Crippen LogP contribution < -0.4 is 0 Å². The van der Waals surface area contributed by atoms with E-state index in [1.54, 1.807) is 12.3 Å². The lowest BCUT2D eigenvalue weighted by Gasteiger charge is -2.08. The summed E-state index contributed by atoms with van der Waals surface area (Å²) in [7, 11) is 0. The number of phenolic OH excluding ortho intramolecular Hbond substituents is 1. The summed E-state index contributed by atoms with van der Waals surface area (Å²) in [6.45, 7) is 2.02. The molecule has 0 fully saturated rings. The highest BCUT2D eigenvalue weighted by Crippen LogP contribution is 2.33. The first-order chi connectivity index (χ1) is 8.75. The maximum absolute atomic E-state index is 10.0. The number of hydrogen-bond donors (Lipinski definition) is 1. The fourth-order valence-corrected chi connectivity index (χ4v) is 2.19. The highest BCUT2D eigenvalue weighted by atomic mass is 16.3. The number of pyridine rings is 1. The van der Waals surface area contributed by atoms with E-state index in [-0.39, 0.29) is 0 Å². The molecule has 2 heteroatoms. The Morgan fingerprint density at radius 1 is 0.944 bits per heavy atom. The van der Waals surface area contributed by atoms with Crippen molar-refractivity contribution >= 4 is 10.9 Å². The molecule has 3 rings (SSSR count). The molecule has 1 N–H and O–H groups in total. The van der Waals surface area contributed by atoms with Gasteiger partial charge in [0.1, 0.15) is 5.75 Å². The molecule has 0 amide bonds. The minimum Gasteiger partial charge on any atom is -0.507 e. The molecule has 0 unspecified atom stereocenters. The predicted octanol–water partition coefficient (Wildman–Crippen LogP) is 3.92. The summed E-state index contributed by atoms with van der Waals surface area (Å²) in [4.78, 5) is 4.42. The smallest absolute Gasteiger partial charge is 0.123 e. The Morgan fingerprint density at radius 2 is 1.78 bits per heavy atom. The van der Waals surface area contributed by atoms with E-state index in [0.29, 0.717) is 5.75 Å². The first-order valence-electron chi connectivity index (χ1n) is 5.89. The Labute approximate surface area is 106 Å². The molecule has 1 aromatic heterocycles. The Kier molecular flexibility index (Phi) is 2.49. The molecule has 0 aliphatic rings. The average molecular weight is 235 g/mol. The van der Waals surface area contributed by atoms with E-state index in [0.717, 1.165) is 27.6 Å². The van der Waals surface area contributed by atoms with E-state index < -0.39 is 0 Å². The average Bonchev–Trinajstić information content (AvgIpc) is 2.41. The zero-order chi connectivity index (χ0) is 12.5. The maximum atomic E-state index is 10.0. The summed E-state index contributed by atoms with van der Waals surface area (Å²) in [5.74, 6) is 0.291. The molecule has 0 spiro atoms. The number of aryl methyl sites for hydroxylation is 1. The third-order valence-corrected chi connectivity index (χ3v) is 3.07. The predicted molar refractivity (Wildman–Crippen MR) is 73.6 cm³/mol. The Bertz CT molecular complexity index is 714. The van der Waals surface area contributed by atoms with Gasteiger partial charge in [0.2, 0.25) is 0 Å². The van der Waals surface area contributed by atoms with Gasteiger partial charge in [0.15, 0.2) is 0 Å². The van der Waals surface area contributed by atoms with Crippen molar-refractivity contribution in [3.05, 3.63) is 60.3 Å². The van der Waals surface area contributed by atoms with Gasteiger partial charge in [0.05, 0.1) is 5.52 Å². The normalized spacial score (nSPS) is 10.7. The van der Waals surface area contributed by atoms with Crippen LogP contribution >= 0.6 is 0 Å². The highest BCUT2D eigenvalue weighted by Gasteiger charge is 2.08. The van der Waals surface area contributed by atoms with Gasteiger partial charge in [-0.05, 0) is 25.1 Å². The van der Waals surface area contributed by atoms with Crippen molar-refractivity contribution in [2.75, 3.05) is 0 Å². The molecule has 88 valence electrons. The van der Waals surface area contributed by atoms with Crippen LogP contribution in [0, 0.1) is 6.92 Å². The molecule has 0 atom stereocenters. The molecule has 0 aliphatic heterocycles. The largest absolute Gasteiger partial charge is 0.507 e. The van der Waals surface area contributed by atoms with Crippen LogP contribution in [0.15, 0.2) is 54.7 Å². The number of aromatic hydroxyl groups is 1. The van der Waals surface area contributed by atoms with Crippen LogP contribution in [0.1, 0.15) is 5.56 Å². The number of hydrogen-bond acceptors (Lipinski definition) is 2. The molecule has 1 heterocycles. The SMILES string of the molecule is Cc1ccc(O)c(-c2cccc3cccnc23)c1. The Balaban J connectivity index is 2.35. The Hall–Kier alpha value is -2.35. The summed E-state index contributed by atoms with van der Waals surface area (Å²) in [5, 5.41) is 11.1. The van der Waals surface area contributed by atoms with Crippen molar-refractivity contribution < 1.29 is 5.11 Å². The summed E-state index contributed by atoms with van der Waals surface area (Å²) in [5.41, 5.74) is 3.84. The molecule has 2 nitrogen and oxygen atoms in total. The lowest BCUT2D eigenvalue weighted by molar-refractivity contribution is 0.477. The van der Waals surface area contributed by atoms with Gasteiger partial charge >= 0.3 is 0 Å². The summed E-state index contributed by atoms with van der Waals surface area (Å²) in [6.07, 6.45) is 1.78. The number of aromatic nitrogens is 1. The quantitative estimate of drug-likeness (QED) is 0.693. The first-order valence-corrected chi connectivity index (χ1v) is 5.89. The van der Waals surface area contributed by atoms with Crippen molar-refractivity contribution in [1.82, 2.24) is 4.98 Å². The lowest BCUT2D eigenvalue weighted by Crippen LogP contribution is -1.86. The van der Waals surface area contributed by atoms with Crippen molar-refractivity contribution in [2.24, 2.45) is 0 Å². The maximum Gasteiger partial charge on any atom is 0.123 e. The molecule has 18 heavy (non-hydrogen) atoms. The number of para-hydroxylation sites is 1. The number of benzene rings is 2. The standard InChI is InChI=1S/C16H13NO/c1-11-7-8-15(18)14(10-11)13-6-2-4-12-5-3-9-17-16(12)13/h2-10,18H,1H3. The third kappa shape index (κ3) is 1.72. The van der Waals surface area contributed by atoms with E-state index >= 15 is 0 Å². The van der Waals surface area contributed by atoms with Crippen molar-refractivity contribution in [3.63, 3.8) is 0 Å². The van der Waals surface area contributed by atoms with Gasteiger partial charge in [-0.3, -0.25) is 4.98 Å². The highest BCUT2D eigenvalue weighted by molar-refractivity contribution is 5.95. The minimum absolute atomic E-state index is 0.291. The number of phenols is 1. The van der Waals surface area contributed by atoms with E-state index in [9.17, 15) is 5.11 Å². The van der Waals surface area contributed by atoms with Gasteiger partial charge in [-0.2, -0.15) is 0 Å². The fraction of sp³-hybridized carbons (Fsp3) is 0.0625. The topological polar surface area (TPSA) is 33.1 Å². The molecule has 2 aromatic carbocycles. The summed E-state index contributed by atoms with van der Waals surface area (Å²) in [6, 6.07) is 15.6. The van der Waals surface area contributed by atoms with Crippen molar-refractivity contribution in [2.45, 2.75) is 6.92 Å². The second-order valence-electron chi connectivity index (χ2n) is 4.40. The van der Waals surface area contributed by atoms with Crippen LogP contribution in [0.5, 0.6) is 5.75 Å². The first kappa shape index (κ1) is 10.8. The third-order valence-electron chi connectivity index (χ3n) is 3.07. The van der Waals surface area contributed by atoms with Crippen LogP contribution in [0.25, 0.3) is 22.0 Å². The van der Waals surface area contributed by atoms with Gasteiger partial charge in [0.25, 0.3) is 0 Å². The second kappa shape index (κ2) is 4.15. The van der Waals surface area contributed by atoms with Gasteiger partial charge in [-0.15, -0.1) is 0 Å². The number of fused-ring (bicyclic) bond motifs is 1. The zero-order valence-corrected chi connectivity index (χ0v) is 10.1. The molecular formula is C16H13NO. The summed E-state index contributed by atoms with van der Waals surface area (Å²) >= 11 is 0. The summed E-state index contributed by atoms with van der Waals surface area (Å²) < 4.78 is 0. The van der Waals surface area contributed by atoms with E-state index in [1.807, 2.05) is 49.4 Å². The van der Waals surface area contributed by atoms with Crippen molar-refractivity contribution in [1.29, 1.82) is 0 Å².